The number of carbonyl (C=O) groups is 2. The smallest absolute Gasteiger partial charge is 0.244 e. The lowest BCUT2D eigenvalue weighted by atomic mass is 9.86. The summed E-state index contributed by atoms with van der Waals surface area (Å²) in [4.78, 5) is 28.8. The average molecular weight is 380 g/mol. The van der Waals surface area contributed by atoms with E-state index in [0.717, 1.165) is 5.56 Å². The fraction of sp³-hybridized carbons (Fsp3) is 0.600. The number of rotatable bonds is 4. The molecule has 3 rings (SSSR count). The quantitative estimate of drug-likeness (QED) is 0.874. The highest BCUT2D eigenvalue weighted by Crippen LogP contribution is 2.27. The Bertz CT molecular complexity index is 582. The molecule has 1 heterocycles. The molecule has 1 aromatic rings. The normalized spacial score (nSPS) is 19.6. The molecule has 0 spiro atoms. The molecule has 0 aromatic heterocycles. The standard InChI is InChI=1S/C20H29N3O2.ClH/c21-19(17-9-5-2-6-10-17)20(25)23-13-11-22(12-14-23)18(24)15-16-7-3-1-4-8-16;/h2,5-6,9-10,16,19H,1,3-4,7-8,11-15,21H2;1H. The second-order valence-corrected chi connectivity index (χ2v) is 7.30. The van der Waals surface area contributed by atoms with E-state index >= 15 is 0 Å². The molecular weight excluding hydrogens is 350 g/mol. The SMILES string of the molecule is Cl.NC(C(=O)N1CCN(C(=O)CC2CCCCC2)CC1)c1ccccc1. The van der Waals surface area contributed by atoms with Crippen molar-refractivity contribution >= 4 is 24.2 Å². The molecule has 1 saturated heterocycles. The Kier molecular flexibility index (Phi) is 7.91. The third kappa shape index (κ3) is 5.21. The summed E-state index contributed by atoms with van der Waals surface area (Å²) in [5, 5.41) is 0. The minimum absolute atomic E-state index is 0. The van der Waals surface area contributed by atoms with Gasteiger partial charge in [0.2, 0.25) is 11.8 Å². The highest BCUT2D eigenvalue weighted by molar-refractivity contribution is 5.85. The number of piperazine rings is 1. The molecule has 0 bridgehead atoms. The zero-order valence-electron chi connectivity index (χ0n) is 15.3. The van der Waals surface area contributed by atoms with Crippen LogP contribution >= 0.6 is 12.4 Å². The van der Waals surface area contributed by atoms with Gasteiger partial charge in [-0.2, -0.15) is 0 Å². The van der Waals surface area contributed by atoms with Gasteiger partial charge in [0.1, 0.15) is 6.04 Å². The Balaban J connectivity index is 0.00000243. The molecule has 26 heavy (non-hydrogen) atoms. The Morgan fingerprint density at radius 2 is 1.54 bits per heavy atom. The highest BCUT2D eigenvalue weighted by atomic mass is 35.5. The van der Waals surface area contributed by atoms with Crippen LogP contribution in [0, 0.1) is 5.92 Å². The molecule has 2 aliphatic rings. The maximum atomic E-state index is 12.6. The van der Waals surface area contributed by atoms with Crippen molar-refractivity contribution in [2.24, 2.45) is 11.7 Å². The molecule has 2 fully saturated rings. The molecule has 2 N–H and O–H groups in total. The predicted molar refractivity (Wildman–Crippen MR) is 105 cm³/mol. The average Bonchev–Trinajstić information content (AvgIpc) is 2.68. The van der Waals surface area contributed by atoms with E-state index in [1.165, 1.54) is 32.1 Å². The number of hydrogen-bond acceptors (Lipinski definition) is 3. The van der Waals surface area contributed by atoms with Gasteiger partial charge in [0.25, 0.3) is 0 Å². The van der Waals surface area contributed by atoms with Crippen molar-refractivity contribution < 1.29 is 9.59 Å². The molecule has 0 radical (unpaired) electrons. The van der Waals surface area contributed by atoms with E-state index in [4.69, 9.17) is 5.73 Å². The van der Waals surface area contributed by atoms with Crippen molar-refractivity contribution in [1.29, 1.82) is 0 Å². The van der Waals surface area contributed by atoms with Gasteiger partial charge in [0.05, 0.1) is 0 Å². The molecule has 1 saturated carbocycles. The van der Waals surface area contributed by atoms with Gasteiger partial charge in [-0.3, -0.25) is 9.59 Å². The largest absolute Gasteiger partial charge is 0.339 e. The summed E-state index contributed by atoms with van der Waals surface area (Å²) in [6.45, 7) is 2.41. The van der Waals surface area contributed by atoms with Gasteiger partial charge in [-0.15, -0.1) is 12.4 Å². The van der Waals surface area contributed by atoms with Crippen LogP contribution in [0.5, 0.6) is 0 Å². The van der Waals surface area contributed by atoms with Crippen LogP contribution in [-0.4, -0.2) is 47.8 Å². The number of carbonyl (C=O) groups excluding carboxylic acids is 2. The lowest BCUT2D eigenvalue weighted by molar-refractivity contribution is -0.141. The fourth-order valence-electron chi connectivity index (χ4n) is 3.94. The summed E-state index contributed by atoms with van der Waals surface area (Å²) in [7, 11) is 0. The van der Waals surface area contributed by atoms with E-state index in [2.05, 4.69) is 0 Å². The van der Waals surface area contributed by atoms with Crippen molar-refractivity contribution in [2.45, 2.75) is 44.6 Å². The van der Waals surface area contributed by atoms with Crippen molar-refractivity contribution in [3.05, 3.63) is 35.9 Å². The summed E-state index contributed by atoms with van der Waals surface area (Å²) < 4.78 is 0. The van der Waals surface area contributed by atoms with Crippen LogP contribution in [0.25, 0.3) is 0 Å². The van der Waals surface area contributed by atoms with Gasteiger partial charge in [-0.1, -0.05) is 49.6 Å². The second kappa shape index (κ2) is 9.93. The Morgan fingerprint density at radius 1 is 0.962 bits per heavy atom. The lowest BCUT2D eigenvalue weighted by Crippen LogP contribution is -2.52. The van der Waals surface area contributed by atoms with E-state index in [-0.39, 0.29) is 24.2 Å². The van der Waals surface area contributed by atoms with E-state index in [9.17, 15) is 9.59 Å². The molecule has 1 aliphatic carbocycles. The molecule has 2 amide bonds. The van der Waals surface area contributed by atoms with E-state index in [0.29, 0.717) is 38.5 Å². The highest BCUT2D eigenvalue weighted by Gasteiger charge is 2.28. The van der Waals surface area contributed by atoms with Gasteiger partial charge in [0.15, 0.2) is 0 Å². The van der Waals surface area contributed by atoms with Crippen LogP contribution in [-0.2, 0) is 9.59 Å². The zero-order valence-corrected chi connectivity index (χ0v) is 16.1. The Hall–Kier alpha value is -1.59. The van der Waals surface area contributed by atoms with E-state index in [1.807, 2.05) is 35.2 Å². The number of nitrogens with two attached hydrogens (primary N) is 1. The van der Waals surface area contributed by atoms with Crippen molar-refractivity contribution in [1.82, 2.24) is 9.80 Å². The molecule has 6 heteroatoms. The number of halogens is 1. The zero-order chi connectivity index (χ0) is 17.6. The van der Waals surface area contributed by atoms with Crippen LogP contribution < -0.4 is 5.73 Å². The predicted octanol–water partition coefficient (Wildman–Crippen LogP) is 2.75. The fourth-order valence-corrected chi connectivity index (χ4v) is 3.94. The second-order valence-electron chi connectivity index (χ2n) is 7.30. The van der Waals surface area contributed by atoms with E-state index in [1.54, 1.807) is 4.90 Å². The van der Waals surface area contributed by atoms with Crippen LogP contribution in [0.3, 0.4) is 0 Å². The van der Waals surface area contributed by atoms with Crippen molar-refractivity contribution in [3.63, 3.8) is 0 Å². The first-order valence-corrected chi connectivity index (χ1v) is 9.52. The van der Waals surface area contributed by atoms with Gasteiger partial charge in [-0.05, 0) is 24.3 Å². The monoisotopic (exact) mass is 379 g/mol. The Morgan fingerprint density at radius 3 is 2.15 bits per heavy atom. The third-order valence-electron chi connectivity index (χ3n) is 5.56. The van der Waals surface area contributed by atoms with Gasteiger partial charge in [-0.25, -0.2) is 0 Å². The maximum absolute atomic E-state index is 12.6. The summed E-state index contributed by atoms with van der Waals surface area (Å²) >= 11 is 0. The van der Waals surface area contributed by atoms with Gasteiger partial charge in [0, 0.05) is 32.6 Å². The molecular formula is C20H30ClN3O2. The number of amides is 2. The molecule has 1 aromatic carbocycles. The molecule has 1 atom stereocenters. The summed E-state index contributed by atoms with van der Waals surface area (Å²) in [6.07, 6.45) is 6.89. The first-order valence-electron chi connectivity index (χ1n) is 9.52. The third-order valence-corrected chi connectivity index (χ3v) is 5.56. The Labute approximate surface area is 162 Å². The number of nitrogens with zero attached hydrogens (tertiary/aromatic N) is 2. The molecule has 1 aliphatic heterocycles. The first kappa shape index (κ1) is 20.7. The topological polar surface area (TPSA) is 66.6 Å². The van der Waals surface area contributed by atoms with Crippen molar-refractivity contribution in [2.75, 3.05) is 26.2 Å². The van der Waals surface area contributed by atoms with Crippen molar-refractivity contribution in [3.8, 4) is 0 Å². The van der Waals surface area contributed by atoms with Gasteiger partial charge < -0.3 is 15.5 Å². The molecule has 5 nitrogen and oxygen atoms in total. The maximum Gasteiger partial charge on any atom is 0.244 e. The minimum atomic E-state index is -0.620. The number of hydrogen-bond donors (Lipinski definition) is 1. The van der Waals surface area contributed by atoms with Crippen LogP contribution in [0.4, 0.5) is 0 Å². The van der Waals surface area contributed by atoms with Crippen LogP contribution in [0.15, 0.2) is 30.3 Å². The molecule has 144 valence electrons. The van der Waals surface area contributed by atoms with E-state index < -0.39 is 6.04 Å². The van der Waals surface area contributed by atoms with Crippen LogP contribution in [0.2, 0.25) is 0 Å². The summed E-state index contributed by atoms with van der Waals surface area (Å²) in [6, 6.07) is 8.84. The lowest BCUT2D eigenvalue weighted by Gasteiger charge is -2.36. The summed E-state index contributed by atoms with van der Waals surface area (Å²) in [5.41, 5.74) is 6.95. The molecule has 1 unspecified atom stereocenters. The first-order chi connectivity index (χ1) is 12.1. The van der Waals surface area contributed by atoms with Gasteiger partial charge >= 0.3 is 0 Å². The summed E-state index contributed by atoms with van der Waals surface area (Å²) in [5.74, 6) is 0.768. The minimum Gasteiger partial charge on any atom is -0.339 e. The number of benzene rings is 1. The van der Waals surface area contributed by atoms with Crippen LogP contribution in [0.1, 0.15) is 50.1 Å².